The van der Waals surface area contributed by atoms with Crippen LogP contribution < -0.4 is 10.6 Å². The number of urea groups is 1. The summed E-state index contributed by atoms with van der Waals surface area (Å²) >= 11 is 1.17. The van der Waals surface area contributed by atoms with Gasteiger partial charge in [0.15, 0.2) is 0 Å². The maximum atomic E-state index is 12.3. The summed E-state index contributed by atoms with van der Waals surface area (Å²) in [7, 11) is 0. The van der Waals surface area contributed by atoms with E-state index in [1.807, 2.05) is 37.3 Å². The van der Waals surface area contributed by atoms with Crippen molar-refractivity contribution < 1.29 is 9.59 Å². The minimum atomic E-state index is -0.586. The summed E-state index contributed by atoms with van der Waals surface area (Å²) in [6.45, 7) is 3.68. The van der Waals surface area contributed by atoms with Crippen LogP contribution in [0.1, 0.15) is 12.5 Å². The summed E-state index contributed by atoms with van der Waals surface area (Å²) in [5.41, 5.74) is 2.52. The van der Waals surface area contributed by atoms with Gasteiger partial charge in [0.05, 0.1) is 10.9 Å². The number of amides is 3. The molecule has 27 heavy (non-hydrogen) atoms. The molecule has 0 aliphatic heterocycles. The SMILES string of the molecule is Cc1ccc(-n2nnnc2S[C@@H](C)C(=O)NC(=O)Nc2ccccc2)cc1. The Labute approximate surface area is 160 Å². The average Bonchev–Trinajstić information content (AvgIpc) is 3.11. The molecule has 3 rings (SSSR count). The van der Waals surface area contributed by atoms with E-state index >= 15 is 0 Å². The number of carbonyl (C=O) groups excluding carboxylic acids is 2. The van der Waals surface area contributed by atoms with Crippen LogP contribution >= 0.6 is 11.8 Å². The molecule has 0 radical (unpaired) electrons. The molecular weight excluding hydrogens is 364 g/mol. The smallest absolute Gasteiger partial charge is 0.308 e. The fraction of sp³-hybridized carbons (Fsp3) is 0.167. The van der Waals surface area contributed by atoms with Gasteiger partial charge in [0.2, 0.25) is 11.1 Å². The summed E-state index contributed by atoms with van der Waals surface area (Å²) in [6.07, 6.45) is 0. The number of aromatic nitrogens is 4. The molecule has 2 N–H and O–H groups in total. The van der Waals surface area contributed by atoms with Gasteiger partial charge in [-0.15, -0.1) is 5.10 Å². The standard InChI is InChI=1S/C18H18N6O2S/c1-12-8-10-15(11-9-12)24-18(21-22-23-24)27-13(2)16(25)20-17(26)19-14-6-4-3-5-7-14/h3-11,13H,1-2H3,(H2,19,20,25,26)/t13-/m0/s1. The molecule has 8 nitrogen and oxygen atoms in total. The molecule has 0 bridgehead atoms. The van der Waals surface area contributed by atoms with E-state index in [1.165, 1.54) is 11.8 Å². The topological polar surface area (TPSA) is 102 Å². The van der Waals surface area contributed by atoms with E-state index in [2.05, 4.69) is 26.2 Å². The maximum Gasteiger partial charge on any atom is 0.325 e. The van der Waals surface area contributed by atoms with Gasteiger partial charge in [0.25, 0.3) is 0 Å². The summed E-state index contributed by atoms with van der Waals surface area (Å²) in [6, 6.07) is 16.0. The number of carbonyl (C=O) groups is 2. The molecule has 0 saturated heterocycles. The molecule has 3 aromatic rings. The Morgan fingerprint density at radius 3 is 2.48 bits per heavy atom. The molecule has 1 aromatic heterocycles. The number of tetrazole rings is 1. The number of rotatable bonds is 5. The second kappa shape index (κ2) is 8.45. The highest BCUT2D eigenvalue weighted by atomic mass is 32.2. The number of hydrogen-bond acceptors (Lipinski definition) is 6. The van der Waals surface area contributed by atoms with Gasteiger partial charge < -0.3 is 5.32 Å². The third-order valence-corrected chi connectivity index (χ3v) is 4.67. The van der Waals surface area contributed by atoms with E-state index < -0.39 is 17.2 Å². The zero-order valence-corrected chi connectivity index (χ0v) is 15.6. The Kier molecular flexibility index (Phi) is 5.82. The number of anilines is 1. The third-order valence-electron chi connectivity index (χ3n) is 3.64. The fourth-order valence-electron chi connectivity index (χ4n) is 2.21. The van der Waals surface area contributed by atoms with Crippen LogP contribution in [0.15, 0.2) is 59.8 Å². The zero-order valence-electron chi connectivity index (χ0n) is 14.8. The first-order valence-electron chi connectivity index (χ1n) is 8.22. The highest BCUT2D eigenvalue weighted by Gasteiger charge is 2.21. The van der Waals surface area contributed by atoms with Crippen molar-refractivity contribution in [3.05, 3.63) is 60.2 Å². The maximum absolute atomic E-state index is 12.3. The van der Waals surface area contributed by atoms with E-state index in [1.54, 1.807) is 35.9 Å². The van der Waals surface area contributed by atoms with Crippen LogP contribution in [0.4, 0.5) is 10.5 Å². The molecule has 0 aliphatic carbocycles. The molecule has 3 amide bonds. The Hall–Kier alpha value is -3.20. The molecule has 0 aliphatic rings. The van der Waals surface area contributed by atoms with Crippen LogP contribution in [0.25, 0.3) is 5.69 Å². The zero-order chi connectivity index (χ0) is 19.2. The highest BCUT2D eigenvalue weighted by Crippen LogP contribution is 2.23. The monoisotopic (exact) mass is 382 g/mol. The summed E-state index contributed by atoms with van der Waals surface area (Å²) in [5, 5.41) is 16.4. The van der Waals surface area contributed by atoms with Crippen LogP contribution in [0.5, 0.6) is 0 Å². The van der Waals surface area contributed by atoms with Crippen LogP contribution in [0, 0.1) is 6.92 Å². The lowest BCUT2D eigenvalue weighted by Gasteiger charge is -2.11. The molecule has 1 atom stereocenters. The van der Waals surface area contributed by atoms with Gasteiger partial charge in [-0.05, 0) is 48.5 Å². The van der Waals surface area contributed by atoms with Gasteiger partial charge in [0.1, 0.15) is 0 Å². The Balaban J connectivity index is 1.61. The second-order valence-electron chi connectivity index (χ2n) is 5.78. The van der Waals surface area contributed by atoms with Crippen molar-refractivity contribution in [3.8, 4) is 5.69 Å². The largest absolute Gasteiger partial charge is 0.325 e. The van der Waals surface area contributed by atoms with E-state index in [0.717, 1.165) is 11.3 Å². The van der Waals surface area contributed by atoms with Crippen molar-refractivity contribution in [3.63, 3.8) is 0 Å². The van der Waals surface area contributed by atoms with Crippen LogP contribution in [-0.2, 0) is 4.79 Å². The van der Waals surface area contributed by atoms with Crippen molar-refractivity contribution in [1.29, 1.82) is 0 Å². The van der Waals surface area contributed by atoms with Crippen molar-refractivity contribution in [1.82, 2.24) is 25.5 Å². The molecule has 0 fully saturated rings. The molecule has 0 spiro atoms. The summed E-state index contributed by atoms with van der Waals surface area (Å²) < 4.78 is 1.55. The third kappa shape index (κ3) is 4.91. The van der Waals surface area contributed by atoms with Crippen LogP contribution in [0.3, 0.4) is 0 Å². The number of nitrogens with one attached hydrogen (secondary N) is 2. The lowest BCUT2D eigenvalue weighted by atomic mass is 10.2. The quantitative estimate of drug-likeness (QED) is 0.658. The summed E-state index contributed by atoms with van der Waals surface area (Å²) in [4.78, 5) is 24.2. The highest BCUT2D eigenvalue weighted by molar-refractivity contribution is 8.00. The molecule has 9 heteroatoms. The van der Waals surface area contributed by atoms with Gasteiger partial charge in [-0.2, -0.15) is 4.68 Å². The number of imide groups is 1. The first kappa shape index (κ1) is 18.6. The van der Waals surface area contributed by atoms with Crippen LogP contribution in [-0.4, -0.2) is 37.4 Å². The minimum absolute atomic E-state index is 0.438. The predicted molar refractivity (Wildman–Crippen MR) is 103 cm³/mol. The Bertz CT molecular complexity index is 927. The number of aryl methyl sites for hydroxylation is 1. The lowest BCUT2D eigenvalue weighted by Crippen LogP contribution is -2.38. The number of hydrogen-bond donors (Lipinski definition) is 2. The molecular formula is C18H18N6O2S. The number of nitrogens with zero attached hydrogens (tertiary/aromatic N) is 4. The van der Waals surface area contributed by atoms with Gasteiger partial charge in [0, 0.05) is 5.69 Å². The molecule has 0 saturated carbocycles. The molecule has 2 aromatic carbocycles. The van der Waals surface area contributed by atoms with E-state index in [4.69, 9.17) is 0 Å². The van der Waals surface area contributed by atoms with E-state index in [9.17, 15) is 9.59 Å². The second-order valence-corrected chi connectivity index (χ2v) is 7.09. The Morgan fingerprint density at radius 2 is 1.78 bits per heavy atom. The predicted octanol–water partition coefficient (Wildman–Crippen LogP) is 2.80. The Morgan fingerprint density at radius 1 is 1.07 bits per heavy atom. The van der Waals surface area contributed by atoms with Crippen LogP contribution in [0.2, 0.25) is 0 Å². The van der Waals surface area contributed by atoms with E-state index in [-0.39, 0.29) is 0 Å². The first-order valence-corrected chi connectivity index (χ1v) is 9.10. The average molecular weight is 382 g/mol. The van der Waals surface area contributed by atoms with Crippen molar-refractivity contribution in [2.24, 2.45) is 0 Å². The van der Waals surface area contributed by atoms with Crippen molar-refractivity contribution in [2.75, 3.05) is 5.32 Å². The minimum Gasteiger partial charge on any atom is -0.308 e. The first-order chi connectivity index (χ1) is 13.0. The summed E-state index contributed by atoms with van der Waals surface area (Å²) in [5.74, 6) is -0.438. The van der Waals surface area contributed by atoms with Gasteiger partial charge in [-0.1, -0.05) is 47.7 Å². The number of benzene rings is 2. The molecule has 138 valence electrons. The van der Waals surface area contributed by atoms with E-state index in [0.29, 0.717) is 10.8 Å². The van der Waals surface area contributed by atoms with Crippen molar-refractivity contribution >= 4 is 29.4 Å². The van der Waals surface area contributed by atoms with Gasteiger partial charge in [-0.3, -0.25) is 10.1 Å². The van der Waals surface area contributed by atoms with Gasteiger partial charge >= 0.3 is 6.03 Å². The van der Waals surface area contributed by atoms with Crippen molar-refractivity contribution in [2.45, 2.75) is 24.3 Å². The van der Waals surface area contributed by atoms with Gasteiger partial charge in [-0.25, -0.2) is 4.79 Å². The molecule has 0 unspecified atom stereocenters. The number of para-hydroxylation sites is 1. The lowest BCUT2D eigenvalue weighted by molar-refractivity contribution is -0.119. The fourth-order valence-corrected chi connectivity index (χ4v) is 3.02. The molecule has 1 heterocycles. The number of thioether (sulfide) groups is 1. The normalized spacial score (nSPS) is 11.6.